The van der Waals surface area contributed by atoms with E-state index in [9.17, 15) is 38.7 Å². The Kier molecular flexibility index (Phi) is 17.0. The maximum absolute atomic E-state index is 13.6. The number of Topliss-reactive ketones (excluding diaryl/α,β-unsaturated/α-hetero) is 1. The highest BCUT2D eigenvalue weighted by atomic mass is 16.5. The van der Waals surface area contributed by atoms with Crippen LogP contribution in [0.4, 0.5) is 0 Å². The lowest BCUT2D eigenvalue weighted by Gasteiger charge is -2.27. The summed E-state index contributed by atoms with van der Waals surface area (Å²) in [6.45, 7) is 9.41. The molecule has 7 atom stereocenters. The Hall–Kier alpha value is -5.27. The maximum atomic E-state index is 13.6. The second kappa shape index (κ2) is 21.7. The number of carbonyl (C=O) groups excluding carboxylic acids is 7. The molecule has 1 aliphatic heterocycles. The van der Waals surface area contributed by atoms with Gasteiger partial charge in [0.25, 0.3) is 11.8 Å². The third kappa shape index (κ3) is 12.9. The number of hydrogen-bond acceptors (Lipinski definition) is 12. The minimum absolute atomic E-state index is 0.230. The molecule has 1 saturated heterocycles. The van der Waals surface area contributed by atoms with Crippen LogP contribution in [-0.4, -0.2) is 140 Å². The molecule has 2 aromatic rings. The van der Waals surface area contributed by atoms with Crippen LogP contribution in [0.15, 0.2) is 48.5 Å². The lowest BCUT2D eigenvalue weighted by molar-refractivity contribution is -0.140. The van der Waals surface area contributed by atoms with Crippen LogP contribution in [0.3, 0.4) is 0 Å². The van der Waals surface area contributed by atoms with Gasteiger partial charge in [0.15, 0.2) is 0 Å². The van der Waals surface area contributed by atoms with E-state index < -0.39 is 77.0 Å². The molecular formula is C41H59N9O9. The van der Waals surface area contributed by atoms with Gasteiger partial charge in [-0.05, 0) is 82.7 Å². The van der Waals surface area contributed by atoms with Crippen molar-refractivity contribution in [3.8, 4) is 11.1 Å². The summed E-state index contributed by atoms with van der Waals surface area (Å²) in [4.78, 5) is 94.3. The van der Waals surface area contributed by atoms with Gasteiger partial charge in [0.1, 0.15) is 23.7 Å². The van der Waals surface area contributed by atoms with E-state index in [2.05, 4.69) is 36.8 Å². The minimum Gasteiger partial charge on any atom is -0.391 e. The van der Waals surface area contributed by atoms with Gasteiger partial charge in [-0.1, -0.05) is 42.0 Å². The highest BCUT2D eigenvalue weighted by molar-refractivity contribution is 6.38. The lowest BCUT2D eigenvalue weighted by atomic mass is 10.0. The standard InChI is InChI=1S/C41H59N9O9/c1-24-7-9-28(10-8-24)29-11-13-30(14-12-29)36(54)47-32(23-43)37(55)48-33(27(4)51)38(56)45-26(3)35(53)49-41(22-31(41)6-5-15-42)40(58)46-25(2)34(52)39(57)44-16-17-50-18-20-59-21-19-50/h7-14,25-27,31-33,51H,5-6,15-23,42-43H2,1-4H3,(H,44,57)(H,45,56)(H,46,58)(H,47,54)(H,48,55)(H,49,53)/t25-,26-,27+,31?,32-,33-,41?/m0/s1. The molecule has 322 valence electrons. The third-order valence-corrected chi connectivity index (χ3v) is 10.6. The van der Waals surface area contributed by atoms with Crippen molar-refractivity contribution in [2.45, 2.75) is 82.8 Å². The summed E-state index contributed by atoms with van der Waals surface area (Å²) in [6, 6.07) is 9.38. The zero-order chi connectivity index (χ0) is 43.3. The van der Waals surface area contributed by atoms with E-state index in [1.807, 2.05) is 31.2 Å². The molecule has 0 bridgehead atoms. The Morgan fingerprint density at radius 1 is 0.831 bits per heavy atom. The van der Waals surface area contributed by atoms with Gasteiger partial charge in [0.2, 0.25) is 29.4 Å². The molecule has 0 spiro atoms. The first-order valence-electron chi connectivity index (χ1n) is 20.0. The van der Waals surface area contributed by atoms with E-state index >= 15 is 0 Å². The zero-order valence-corrected chi connectivity index (χ0v) is 34.2. The van der Waals surface area contributed by atoms with Gasteiger partial charge in [-0.3, -0.25) is 38.5 Å². The van der Waals surface area contributed by atoms with Gasteiger partial charge in [-0.2, -0.15) is 0 Å². The molecule has 2 aliphatic rings. The average molecular weight is 822 g/mol. The SMILES string of the molecule is Cc1ccc(-c2ccc(C(=O)N[C@@H](CN)C(=O)N[C@H](C(=O)N[C@@H](C)C(=O)NC3(C(=O)N[C@@H](C)C(=O)C(=O)NCCN4CCOCC4)CC3CCCN)[C@@H](C)O)cc2)cc1. The molecule has 59 heavy (non-hydrogen) atoms. The predicted molar refractivity (Wildman–Crippen MR) is 218 cm³/mol. The molecule has 0 radical (unpaired) electrons. The molecule has 1 aliphatic carbocycles. The number of rotatable bonds is 21. The Bertz CT molecular complexity index is 1800. The average Bonchev–Trinajstić information content (AvgIpc) is 3.93. The van der Waals surface area contributed by atoms with Crippen molar-refractivity contribution in [1.29, 1.82) is 0 Å². The maximum Gasteiger partial charge on any atom is 0.289 e. The number of carbonyl (C=O) groups is 7. The number of benzene rings is 2. The molecule has 2 fully saturated rings. The number of hydrogen-bond donors (Lipinski definition) is 9. The largest absolute Gasteiger partial charge is 0.391 e. The molecule has 11 N–H and O–H groups in total. The second-order valence-corrected chi connectivity index (χ2v) is 15.2. The molecule has 0 aromatic heterocycles. The molecule has 1 heterocycles. The number of nitrogens with zero attached hydrogens (tertiary/aromatic N) is 1. The van der Waals surface area contributed by atoms with E-state index in [4.69, 9.17) is 16.2 Å². The van der Waals surface area contributed by atoms with Crippen LogP contribution >= 0.6 is 0 Å². The van der Waals surface area contributed by atoms with Crippen molar-refractivity contribution in [1.82, 2.24) is 36.8 Å². The fraction of sp³-hybridized carbons (Fsp3) is 0.537. The second-order valence-electron chi connectivity index (χ2n) is 15.2. The highest BCUT2D eigenvalue weighted by Gasteiger charge is 2.61. The van der Waals surface area contributed by atoms with E-state index in [1.165, 1.54) is 20.8 Å². The first-order valence-corrected chi connectivity index (χ1v) is 20.0. The Morgan fingerprint density at radius 3 is 2.05 bits per heavy atom. The van der Waals surface area contributed by atoms with Crippen LogP contribution < -0.4 is 43.4 Å². The zero-order valence-electron chi connectivity index (χ0n) is 34.2. The lowest BCUT2D eigenvalue weighted by Crippen LogP contribution is -2.61. The quantitative estimate of drug-likeness (QED) is 0.0633. The van der Waals surface area contributed by atoms with Crippen molar-refractivity contribution < 1.29 is 43.4 Å². The van der Waals surface area contributed by atoms with Crippen molar-refractivity contribution in [3.05, 3.63) is 59.7 Å². The van der Waals surface area contributed by atoms with Crippen LogP contribution in [0.25, 0.3) is 11.1 Å². The van der Waals surface area contributed by atoms with Crippen LogP contribution in [0.5, 0.6) is 0 Å². The van der Waals surface area contributed by atoms with Crippen molar-refractivity contribution >= 4 is 41.2 Å². The van der Waals surface area contributed by atoms with Gasteiger partial charge in [-0.25, -0.2) is 0 Å². The number of aryl methyl sites for hydroxylation is 1. The van der Waals surface area contributed by atoms with Crippen LogP contribution in [0.1, 0.15) is 56.0 Å². The van der Waals surface area contributed by atoms with Gasteiger partial charge < -0.3 is 53.2 Å². The summed E-state index contributed by atoms with van der Waals surface area (Å²) in [7, 11) is 0. The normalized spacial score (nSPS) is 20.1. The molecule has 1 saturated carbocycles. The van der Waals surface area contributed by atoms with E-state index in [0.29, 0.717) is 39.1 Å². The summed E-state index contributed by atoms with van der Waals surface area (Å²) in [6.07, 6.45) is -0.159. The van der Waals surface area contributed by atoms with Crippen molar-refractivity contribution in [2.24, 2.45) is 17.4 Å². The van der Waals surface area contributed by atoms with Crippen LogP contribution in [-0.2, 0) is 33.5 Å². The number of ether oxygens (including phenoxy) is 1. The first kappa shape index (κ1) is 46.4. The Morgan fingerprint density at radius 2 is 1.46 bits per heavy atom. The summed E-state index contributed by atoms with van der Waals surface area (Å²) >= 11 is 0. The van der Waals surface area contributed by atoms with Crippen molar-refractivity contribution in [2.75, 3.05) is 52.5 Å². The van der Waals surface area contributed by atoms with Gasteiger partial charge in [0.05, 0.1) is 25.4 Å². The molecule has 6 amide bonds. The topological polar surface area (TPSA) is 276 Å². The number of aliphatic hydroxyl groups is 1. The molecule has 2 aromatic carbocycles. The predicted octanol–water partition coefficient (Wildman–Crippen LogP) is -1.77. The van der Waals surface area contributed by atoms with Crippen molar-refractivity contribution in [3.63, 3.8) is 0 Å². The van der Waals surface area contributed by atoms with E-state index in [0.717, 1.165) is 29.8 Å². The first-order chi connectivity index (χ1) is 28.1. The fourth-order valence-electron chi connectivity index (χ4n) is 6.75. The summed E-state index contributed by atoms with van der Waals surface area (Å²) in [5, 5.41) is 25.8. The van der Waals surface area contributed by atoms with Gasteiger partial charge in [-0.15, -0.1) is 0 Å². The van der Waals surface area contributed by atoms with Crippen LogP contribution in [0.2, 0.25) is 0 Å². The van der Waals surface area contributed by atoms with Gasteiger partial charge in [0, 0.05) is 38.3 Å². The smallest absolute Gasteiger partial charge is 0.289 e. The number of nitrogens with one attached hydrogen (secondary N) is 6. The Labute approximate surface area is 344 Å². The Balaban J connectivity index is 1.31. The number of amides is 6. The number of ketones is 1. The molecular weight excluding hydrogens is 763 g/mol. The van der Waals surface area contributed by atoms with Crippen LogP contribution in [0, 0.1) is 12.8 Å². The van der Waals surface area contributed by atoms with E-state index in [-0.39, 0.29) is 31.0 Å². The number of nitrogens with two attached hydrogens (primary N) is 2. The summed E-state index contributed by atoms with van der Waals surface area (Å²) in [5.41, 5.74) is 13.3. The highest BCUT2D eigenvalue weighted by Crippen LogP contribution is 2.47. The van der Waals surface area contributed by atoms with Gasteiger partial charge >= 0.3 is 0 Å². The molecule has 2 unspecified atom stereocenters. The fourth-order valence-corrected chi connectivity index (χ4v) is 6.75. The number of morpholine rings is 1. The monoisotopic (exact) mass is 821 g/mol. The molecule has 18 nitrogen and oxygen atoms in total. The molecule has 4 rings (SSSR count). The van der Waals surface area contributed by atoms with E-state index in [1.54, 1.807) is 24.3 Å². The minimum atomic E-state index is -1.56. The summed E-state index contributed by atoms with van der Waals surface area (Å²) in [5.74, 6) is -5.80. The third-order valence-electron chi connectivity index (χ3n) is 10.6. The summed E-state index contributed by atoms with van der Waals surface area (Å²) < 4.78 is 5.31. The molecule has 18 heteroatoms. The number of aliphatic hydroxyl groups excluding tert-OH is 1.